The van der Waals surface area contributed by atoms with Crippen LogP contribution < -0.4 is 0 Å². The summed E-state index contributed by atoms with van der Waals surface area (Å²) in [5, 5.41) is 7.35. The molecule has 0 unspecified atom stereocenters. The second-order valence-electron chi connectivity index (χ2n) is 10.8. The van der Waals surface area contributed by atoms with E-state index in [2.05, 4.69) is 0 Å². The van der Waals surface area contributed by atoms with Gasteiger partial charge in [0.1, 0.15) is 11.6 Å². The minimum atomic E-state index is -0.392. The van der Waals surface area contributed by atoms with E-state index >= 15 is 0 Å². The van der Waals surface area contributed by atoms with Gasteiger partial charge >= 0.3 is 0 Å². The van der Waals surface area contributed by atoms with E-state index in [1.807, 2.05) is 66.7 Å². The van der Waals surface area contributed by atoms with Crippen LogP contribution in [0.25, 0.3) is 28.2 Å². The number of para-hydroxylation sites is 1. The number of halogens is 2. The van der Waals surface area contributed by atoms with Gasteiger partial charge in [0.05, 0.1) is 28.5 Å². The minimum absolute atomic E-state index is 0.0541. The molecule has 1 amide bonds. The Labute approximate surface area is 242 Å². The predicted octanol–water partition coefficient (Wildman–Crippen LogP) is 8.62. The molecule has 42 heavy (non-hydrogen) atoms. The molecular weight excluding hydrogens is 528 g/mol. The van der Waals surface area contributed by atoms with Crippen molar-refractivity contribution in [1.82, 2.24) is 9.99 Å². The van der Waals surface area contributed by atoms with Gasteiger partial charge in [-0.3, -0.25) is 4.79 Å². The van der Waals surface area contributed by atoms with Crippen molar-refractivity contribution in [3.05, 3.63) is 143 Å². The van der Waals surface area contributed by atoms with Crippen LogP contribution in [-0.2, 0) is 0 Å². The normalized spacial score (nSPS) is 19.1. The van der Waals surface area contributed by atoms with Crippen molar-refractivity contribution in [2.75, 3.05) is 0 Å². The van der Waals surface area contributed by atoms with Gasteiger partial charge < -0.3 is 0 Å². The van der Waals surface area contributed by atoms with E-state index in [1.54, 1.807) is 29.3 Å². The number of hydrogen-bond acceptors (Lipinski definition) is 3. The number of nitrogens with zero attached hydrogens (tertiary/aromatic N) is 3. The third-order valence-electron chi connectivity index (χ3n) is 8.15. The van der Waals surface area contributed by atoms with Gasteiger partial charge in [-0.15, -0.1) is 0 Å². The fourth-order valence-electron chi connectivity index (χ4n) is 6.15. The smallest absolute Gasteiger partial charge is 0.267 e. The highest BCUT2D eigenvalue weighted by molar-refractivity contribution is 6.12. The van der Waals surface area contributed by atoms with Crippen LogP contribution in [0.15, 0.2) is 120 Å². The molecule has 0 bridgehead atoms. The summed E-state index contributed by atoms with van der Waals surface area (Å²) in [4.78, 5) is 19.5. The monoisotopic (exact) mass is 555 g/mol. The molecule has 0 saturated heterocycles. The van der Waals surface area contributed by atoms with Crippen LogP contribution in [0, 0.1) is 17.6 Å². The van der Waals surface area contributed by atoms with Gasteiger partial charge in [-0.2, -0.15) is 5.10 Å². The average molecular weight is 556 g/mol. The van der Waals surface area contributed by atoms with E-state index in [0.29, 0.717) is 11.3 Å². The molecule has 6 heteroatoms. The van der Waals surface area contributed by atoms with Crippen LogP contribution in [-0.4, -0.2) is 21.6 Å². The van der Waals surface area contributed by atoms with E-state index in [1.165, 1.54) is 24.3 Å². The Morgan fingerprint density at radius 3 is 2.29 bits per heavy atom. The molecule has 2 atom stereocenters. The van der Waals surface area contributed by atoms with Crippen LogP contribution in [0.3, 0.4) is 0 Å². The molecule has 206 valence electrons. The van der Waals surface area contributed by atoms with E-state index in [-0.39, 0.29) is 23.5 Å². The predicted molar refractivity (Wildman–Crippen MR) is 162 cm³/mol. The Bertz CT molecular complexity index is 1850. The second-order valence-corrected chi connectivity index (χ2v) is 10.8. The fourth-order valence-corrected chi connectivity index (χ4v) is 6.15. The number of carbonyl (C=O) groups is 1. The Balaban J connectivity index is 1.37. The lowest BCUT2D eigenvalue weighted by atomic mass is 9.77. The lowest BCUT2D eigenvalue weighted by molar-refractivity contribution is 0.0683. The molecule has 1 aliphatic carbocycles. The summed E-state index contributed by atoms with van der Waals surface area (Å²) in [6.07, 6.45) is 4.61. The van der Waals surface area contributed by atoms with Gasteiger partial charge in [-0.25, -0.2) is 18.8 Å². The lowest BCUT2D eigenvalue weighted by Gasteiger charge is -2.30. The zero-order valence-corrected chi connectivity index (χ0v) is 22.8. The number of rotatable bonds is 4. The summed E-state index contributed by atoms with van der Waals surface area (Å²) in [6.45, 7) is 0. The Kier molecular flexibility index (Phi) is 6.67. The minimum Gasteiger partial charge on any atom is -0.267 e. The van der Waals surface area contributed by atoms with Gasteiger partial charge in [-0.1, -0.05) is 72.8 Å². The highest BCUT2D eigenvalue weighted by atomic mass is 19.1. The van der Waals surface area contributed by atoms with Gasteiger partial charge in [0.15, 0.2) is 0 Å². The number of benzene rings is 4. The van der Waals surface area contributed by atoms with Gasteiger partial charge in [0, 0.05) is 16.9 Å². The van der Waals surface area contributed by atoms with Crippen LogP contribution in [0.5, 0.6) is 0 Å². The maximum atomic E-state index is 14.6. The maximum Gasteiger partial charge on any atom is 0.275 e. The van der Waals surface area contributed by atoms with E-state index in [4.69, 9.17) is 10.1 Å². The molecule has 4 nitrogen and oxygen atoms in total. The van der Waals surface area contributed by atoms with Crippen LogP contribution >= 0.6 is 0 Å². The van der Waals surface area contributed by atoms with Crippen molar-refractivity contribution >= 4 is 28.6 Å². The highest BCUT2D eigenvalue weighted by Gasteiger charge is 2.44. The largest absolute Gasteiger partial charge is 0.275 e. The number of hydrazone groups is 1. The van der Waals surface area contributed by atoms with Gasteiger partial charge in [-0.05, 0) is 78.4 Å². The molecule has 0 N–H and O–H groups in total. The zero-order chi connectivity index (χ0) is 28.6. The van der Waals surface area contributed by atoms with Crippen molar-refractivity contribution in [2.45, 2.75) is 25.3 Å². The summed E-state index contributed by atoms with van der Waals surface area (Å²) in [7, 11) is 0. The molecule has 1 aromatic heterocycles. The average Bonchev–Trinajstić information content (AvgIpc) is 3.43. The van der Waals surface area contributed by atoms with Crippen molar-refractivity contribution < 1.29 is 13.6 Å². The summed E-state index contributed by atoms with van der Waals surface area (Å²) < 4.78 is 27.6. The first-order valence-corrected chi connectivity index (χ1v) is 14.1. The molecule has 1 aliphatic heterocycles. The highest BCUT2D eigenvalue weighted by Crippen LogP contribution is 2.45. The third kappa shape index (κ3) is 4.79. The van der Waals surface area contributed by atoms with Crippen molar-refractivity contribution in [1.29, 1.82) is 0 Å². The number of hydrogen-bond donors (Lipinski definition) is 0. The molecule has 2 aliphatic rings. The number of aromatic nitrogens is 1. The Hall–Kier alpha value is -4.97. The molecule has 0 spiro atoms. The molecule has 2 heterocycles. The molecule has 1 fully saturated rings. The SMILES string of the molecule is O=C(c1cc(-c2ccccc2)nc2ccccc12)N1N=C2/C(=C/c3ccc(F)cc3)CCC[C@@H]2[C@@H]1c1ccc(F)cc1. The summed E-state index contributed by atoms with van der Waals surface area (Å²) in [6, 6.07) is 31.6. The number of fused-ring (bicyclic) bond motifs is 2. The topological polar surface area (TPSA) is 45.6 Å². The fraction of sp³-hybridized carbons (Fsp3) is 0.139. The maximum absolute atomic E-state index is 14.6. The lowest BCUT2D eigenvalue weighted by Crippen LogP contribution is -2.32. The first-order valence-electron chi connectivity index (χ1n) is 14.1. The molecule has 4 aromatic carbocycles. The zero-order valence-electron chi connectivity index (χ0n) is 22.8. The van der Waals surface area contributed by atoms with Gasteiger partial charge in [0.25, 0.3) is 5.91 Å². The second kappa shape index (κ2) is 10.8. The van der Waals surface area contributed by atoms with Crippen LogP contribution in [0.1, 0.15) is 46.8 Å². The van der Waals surface area contributed by atoms with Crippen molar-refractivity contribution in [3.63, 3.8) is 0 Å². The number of carbonyl (C=O) groups excluding carboxylic acids is 1. The first-order chi connectivity index (χ1) is 20.5. The first kappa shape index (κ1) is 26.0. The van der Waals surface area contributed by atoms with E-state index in [0.717, 1.165) is 58.1 Å². The Morgan fingerprint density at radius 1 is 0.833 bits per heavy atom. The summed E-state index contributed by atoms with van der Waals surface area (Å²) in [5.74, 6) is -0.905. The quantitative estimate of drug-likeness (QED) is 0.223. The standard InChI is InChI=1S/C36H27F2N3O/c37-27-17-13-23(14-18-27)21-26-9-6-11-30-34(26)40-41(35(30)25-15-19-28(38)20-16-25)36(42)31-22-33(24-7-2-1-3-8-24)39-32-12-5-4-10-29(31)32/h1-5,7-8,10,12-22,30,35H,6,9,11H2/b26-21+/t30-,35-/m0/s1. The van der Waals surface area contributed by atoms with Crippen molar-refractivity contribution in [3.8, 4) is 11.3 Å². The molecule has 0 radical (unpaired) electrons. The molecule has 5 aromatic rings. The summed E-state index contributed by atoms with van der Waals surface area (Å²) in [5.41, 5.74) is 6.46. The van der Waals surface area contributed by atoms with E-state index < -0.39 is 6.04 Å². The number of allylic oxidation sites excluding steroid dienone is 1. The van der Waals surface area contributed by atoms with Crippen LogP contribution in [0.4, 0.5) is 8.78 Å². The van der Waals surface area contributed by atoms with Crippen LogP contribution in [0.2, 0.25) is 0 Å². The van der Waals surface area contributed by atoms with E-state index in [9.17, 15) is 13.6 Å². The third-order valence-corrected chi connectivity index (χ3v) is 8.15. The Morgan fingerprint density at radius 2 is 1.52 bits per heavy atom. The number of pyridine rings is 1. The van der Waals surface area contributed by atoms with Gasteiger partial charge in [0.2, 0.25) is 0 Å². The number of amides is 1. The van der Waals surface area contributed by atoms with Crippen molar-refractivity contribution in [2.24, 2.45) is 11.0 Å². The molecule has 7 rings (SSSR count). The summed E-state index contributed by atoms with van der Waals surface area (Å²) >= 11 is 0. The molecular formula is C36H27F2N3O. The molecule has 1 saturated carbocycles.